The lowest BCUT2D eigenvalue weighted by Crippen LogP contribution is -2.48. The molecule has 1 atom stereocenters. The first-order valence-corrected chi connectivity index (χ1v) is 11.4. The molecule has 3 aromatic rings. The number of aromatic nitrogens is 2. The van der Waals surface area contributed by atoms with E-state index in [-0.39, 0.29) is 34.0 Å². The van der Waals surface area contributed by atoms with Gasteiger partial charge in [0, 0.05) is 23.0 Å². The molecule has 2 heterocycles. The van der Waals surface area contributed by atoms with Crippen LogP contribution in [0.5, 0.6) is 0 Å². The van der Waals surface area contributed by atoms with Crippen LogP contribution in [-0.2, 0) is 14.3 Å². The summed E-state index contributed by atoms with van der Waals surface area (Å²) in [5, 5.41) is 0.501. The normalized spacial score (nSPS) is 15.0. The minimum Gasteiger partial charge on any atom is -0.454 e. The second-order valence-electron chi connectivity index (χ2n) is 7.68. The topological polar surface area (TPSA) is 148 Å². The van der Waals surface area contributed by atoms with Crippen molar-refractivity contribution in [2.75, 3.05) is 11.5 Å². The van der Waals surface area contributed by atoms with E-state index in [0.29, 0.717) is 5.02 Å². The highest BCUT2D eigenvalue weighted by Gasteiger charge is 2.39. The lowest BCUT2D eigenvalue weighted by atomic mass is 10.1. The van der Waals surface area contributed by atoms with Crippen molar-refractivity contribution < 1.29 is 28.7 Å². The monoisotopic (exact) mass is 541 g/mol. The maximum atomic E-state index is 12.8. The van der Waals surface area contributed by atoms with Crippen LogP contribution in [0.1, 0.15) is 37.6 Å². The molecule has 4 rings (SSSR count). The van der Waals surface area contributed by atoms with Gasteiger partial charge in [-0.25, -0.2) is 20.1 Å². The molecule has 0 spiro atoms. The third-order valence-corrected chi connectivity index (χ3v) is 5.78. The summed E-state index contributed by atoms with van der Waals surface area (Å²) in [7, 11) is 0. The van der Waals surface area contributed by atoms with Gasteiger partial charge in [0.15, 0.2) is 6.61 Å². The van der Waals surface area contributed by atoms with Crippen LogP contribution in [0.3, 0.4) is 0 Å². The fourth-order valence-electron chi connectivity index (χ4n) is 3.40. The molecule has 2 aromatic carbocycles. The predicted molar refractivity (Wildman–Crippen MR) is 131 cm³/mol. The lowest BCUT2D eigenvalue weighted by Gasteiger charge is -2.16. The van der Waals surface area contributed by atoms with E-state index in [9.17, 15) is 24.0 Å². The molecule has 188 valence electrons. The van der Waals surface area contributed by atoms with Crippen LogP contribution < -0.4 is 15.8 Å². The van der Waals surface area contributed by atoms with Gasteiger partial charge in [-0.05, 0) is 42.5 Å². The molecule has 1 aliphatic rings. The molecular formula is C24H17Cl2N5O6. The molecule has 13 heteroatoms. The number of esters is 1. The molecule has 2 N–H and O–H groups in total. The fraction of sp³-hybridized carbons (Fsp3) is 0.125. The van der Waals surface area contributed by atoms with Crippen LogP contribution in [0.4, 0.5) is 5.69 Å². The number of carbonyl (C=O) groups excluding carboxylic acids is 5. The SMILES string of the molecule is O=C(OCC(=O)c1ccc(Cl)cc1Cl)c1ccc(N2C(=O)CC(NNC(=O)c3cnccn3)C2=O)cc1. The van der Waals surface area contributed by atoms with Gasteiger partial charge in [-0.2, -0.15) is 0 Å². The molecule has 0 bridgehead atoms. The molecule has 1 aromatic heterocycles. The maximum Gasteiger partial charge on any atom is 0.338 e. The Hall–Kier alpha value is -4.19. The Labute approximate surface area is 219 Å². The van der Waals surface area contributed by atoms with E-state index in [1.54, 1.807) is 0 Å². The van der Waals surface area contributed by atoms with E-state index in [4.69, 9.17) is 27.9 Å². The van der Waals surface area contributed by atoms with Gasteiger partial charge in [-0.15, -0.1) is 0 Å². The van der Waals surface area contributed by atoms with Crippen molar-refractivity contribution in [1.29, 1.82) is 0 Å². The molecule has 0 saturated carbocycles. The zero-order chi connectivity index (χ0) is 26.5. The van der Waals surface area contributed by atoms with Crippen LogP contribution in [0.25, 0.3) is 0 Å². The number of anilines is 1. The largest absolute Gasteiger partial charge is 0.454 e. The van der Waals surface area contributed by atoms with E-state index in [2.05, 4.69) is 20.8 Å². The van der Waals surface area contributed by atoms with Gasteiger partial charge < -0.3 is 4.74 Å². The average molecular weight is 542 g/mol. The van der Waals surface area contributed by atoms with Gasteiger partial charge in [0.2, 0.25) is 11.7 Å². The zero-order valence-corrected chi connectivity index (χ0v) is 20.3. The highest BCUT2D eigenvalue weighted by Crippen LogP contribution is 2.24. The number of nitrogens with one attached hydrogen (secondary N) is 2. The van der Waals surface area contributed by atoms with Gasteiger partial charge >= 0.3 is 5.97 Å². The average Bonchev–Trinajstić information content (AvgIpc) is 3.18. The third kappa shape index (κ3) is 5.97. The quantitative estimate of drug-likeness (QED) is 0.190. The molecular weight excluding hydrogens is 525 g/mol. The number of rotatable bonds is 8. The van der Waals surface area contributed by atoms with Crippen molar-refractivity contribution in [2.45, 2.75) is 12.5 Å². The second kappa shape index (κ2) is 11.2. The summed E-state index contributed by atoms with van der Waals surface area (Å²) < 4.78 is 5.06. The number of hydrazine groups is 1. The number of amides is 3. The first-order valence-electron chi connectivity index (χ1n) is 10.7. The van der Waals surface area contributed by atoms with Gasteiger partial charge in [0.1, 0.15) is 11.7 Å². The molecule has 0 radical (unpaired) electrons. The smallest absolute Gasteiger partial charge is 0.338 e. The van der Waals surface area contributed by atoms with E-state index in [1.165, 1.54) is 61.1 Å². The number of imide groups is 1. The van der Waals surface area contributed by atoms with Crippen molar-refractivity contribution in [1.82, 2.24) is 20.8 Å². The molecule has 1 saturated heterocycles. The Kier molecular flexibility index (Phi) is 7.87. The van der Waals surface area contributed by atoms with Crippen molar-refractivity contribution in [3.8, 4) is 0 Å². The van der Waals surface area contributed by atoms with Crippen molar-refractivity contribution >= 4 is 58.4 Å². The number of nitrogens with zero attached hydrogens (tertiary/aromatic N) is 3. The molecule has 11 nitrogen and oxygen atoms in total. The first kappa shape index (κ1) is 25.9. The molecule has 1 aliphatic heterocycles. The van der Waals surface area contributed by atoms with Crippen molar-refractivity contribution in [3.63, 3.8) is 0 Å². The summed E-state index contributed by atoms with van der Waals surface area (Å²) in [5.74, 6) is -3.01. The standard InChI is InChI=1S/C24H17Cl2N5O6/c25-14-3-6-16(17(26)9-14)20(32)12-37-24(36)13-1-4-15(5-2-13)31-21(33)10-18(23(31)35)29-30-22(34)19-11-27-7-8-28-19/h1-9,11,18,29H,10,12H2,(H,30,34). The Morgan fingerprint density at radius 1 is 1.05 bits per heavy atom. The Morgan fingerprint density at radius 3 is 2.49 bits per heavy atom. The predicted octanol–water partition coefficient (Wildman–Crippen LogP) is 2.39. The van der Waals surface area contributed by atoms with E-state index >= 15 is 0 Å². The molecule has 1 fully saturated rings. The van der Waals surface area contributed by atoms with E-state index < -0.39 is 42.1 Å². The number of halogens is 2. The van der Waals surface area contributed by atoms with E-state index in [0.717, 1.165) is 4.90 Å². The van der Waals surface area contributed by atoms with Crippen LogP contribution in [0.15, 0.2) is 61.1 Å². The number of carbonyl (C=O) groups is 5. The summed E-state index contributed by atoms with van der Waals surface area (Å²) in [5.41, 5.74) is 5.39. The number of hydrogen-bond acceptors (Lipinski definition) is 9. The molecule has 3 amide bonds. The molecule has 1 unspecified atom stereocenters. The summed E-state index contributed by atoms with van der Waals surface area (Å²) in [6.07, 6.45) is 3.80. The maximum absolute atomic E-state index is 12.8. The van der Waals surface area contributed by atoms with E-state index in [1.807, 2.05) is 0 Å². The fourth-order valence-corrected chi connectivity index (χ4v) is 3.92. The number of hydrogen-bond donors (Lipinski definition) is 2. The number of ketones is 1. The summed E-state index contributed by atoms with van der Waals surface area (Å²) in [6.45, 7) is -0.543. The highest BCUT2D eigenvalue weighted by molar-refractivity contribution is 6.36. The summed E-state index contributed by atoms with van der Waals surface area (Å²) in [4.78, 5) is 70.5. The van der Waals surface area contributed by atoms with Crippen molar-refractivity contribution in [2.24, 2.45) is 0 Å². The Balaban J connectivity index is 1.34. The Morgan fingerprint density at radius 2 is 1.81 bits per heavy atom. The minimum atomic E-state index is -0.997. The first-order chi connectivity index (χ1) is 17.7. The number of ether oxygens (including phenoxy) is 1. The van der Waals surface area contributed by atoms with Crippen LogP contribution in [0.2, 0.25) is 10.0 Å². The van der Waals surface area contributed by atoms with Gasteiger partial charge in [0.25, 0.3) is 11.8 Å². The minimum absolute atomic E-state index is 0.0315. The van der Waals surface area contributed by atoms with Gasteiger partial charge in [-0.1, -0.05) is 23.2 Å². The van der Waals surface area contributed by atoms with Crippen LogP contribution in [0, 0.1) is 0 Å². The van der Waals surface area contributed by atoms with Gasteiger partial charge in [0.05, 0.1) is 28.9 Å². The molecule has 37 heavy (non-hydrogen) atoms. The number of Topliss-reactive ketones (excluding diaryl/α,β-unsaturated/α-hetero) is 1. The summed E-state index contributed by atoms with van der Waals surface area (Å²) >= 11 is 11.8. The summed E-state index contributed by atoms with van der Waals surface area (Å²) in [6, 6.07) is 8.84. The lowest BCUT2D eigenvalue weighted by molar-refractivity contribution is -0.121. The van der Waals surface area contributed by atoms with Crippen molar-refractivity contribution in [3.05, 3.63) is 87.9 Å². The van der Waals surface area contributed by atoms with Crippen LogP contribution >= 0.6 is 23.2 Å². The van der Waals surface area contributed by atoms with Gasteiger partial charge in [-0.3, -0.25) is 29.6 Å². The second-order valence-corrected chi connectivity index (χ2v) is 8.53. The highest BCUT2D eigenvalue weighted by atomic mass is 35.5. The molecule has 0 aliphatic carbocycles. The van der Waals surface area contributed by atoms with Crippen LogP contribution in [-0.4, -0.2) is 52.1 Å². The zero-order valence-electron chi connectivity index (χ0n) is 18.8. The third-order valence-electron chi connectivity index (χ3n) is 5.23. The number of benzene rings is 2. The Bertz CT molecular complexity index is 1380.